The Balaban J connectivity index is 1.60. The van der Waals surface area contributed by atoms with E-state index in [0.717, 1.165) is 32.5 Å². The maximum absolute atomic E-state index is 10.9. The van der Waals surface area contributed by atoms with Crippen molar-refractivity contribution in [2.24, 2.45) is 5.92 Å². The second-order valence-electron chi connectivity index (χ2n) is 5.91. The Morgan fingerprint density at radius 3 is 3.10 bits per heavy atom. The summed E-state index contributed by atoms with van der Waals surface area (Å²) in [5.41, 5.74) is 1.48. The summed E-state index contributed by atoms with van der Waals surface area (Å²) >= 11 is 1.96. The second-order valence-corrected chi connectivity index (χ2v) is 6.97. The topological polar surface area (TPSA) is 40.5 Å². The zero-order valence-electron chi connectivity index (χ0n) is 11.6. The lowest BCUT2D eigenvalue weighted by Crippen LogP contribution is -2.38. The van der Waals surface area contributed by atoms with E-state index in [1.54, 1.807) is 0 Å². The summed E-state index contributed by atoms with van der Waals surface area (Å²) in [6, 6.07) is 8.70. The largest absolute Gasteiger partial charge is 0.481 e. The molecular weight excluding hydrogens is 270 g/mol. The van der Waals surface area contributed by atoms with Crippen molar-refractivity contribution < 1.29 is 9.90 Å². The zero-order chi connectivity index (χ0) is 13.9. The van der Waals surface area contributed by atoms with Crippen molar-refractivity contribution in [2.75, 3.05) is 25.4 Å². The minimum Gasteiger partial charge on any atom is -0.481 e. The van der Waals surface area contributed by atoms with Crippen LogP contribution in [-0.4, -0.2) is 41.4 Å². The third-order valence-electron chi connectivity index (χ3n) is 4.34. The number of carboxylic acid groups (broad SMARTS) is 1. The number of aliphatic carboxylic acids is 1. The summed E-state index contributed by atoms with van der Waals surface area (Å²) in [7, 11) is 0. The van der Waals surface area contributed by atoms with Gasteiger partial charge >= 0.3 is 5.97 Å². The van der Waals surface area contributed by atoms with Crippen LogP contribution in [0.25, 0.3) is 0 Å². The van der Waals surface area contributed by atoms with Gasteiger partial charge in [0.1, 0.15) is 0 Å². The maximum atomic E-state index is 10.9. The van der Waals surface area contributed by atoms with E-state index in [9.17, 15) is 4.79 Å². The van der Waals surface area contributed by atoms with Crippen LogP contribution in [0.2, 0.25) is 0 Å². The number of rotatable bonds is 4. The van der Waals surface area contributed by atoms with Crippen LogP contribution in [0.4, 0.5) is 0 Å². The van der Waals surface area contributed by atoms with Crippen molar-refractivity contribution in [2.45, 2.75) is 30.1 Å². The van der Waals surface area contributed by atoms with Gasteiger partial charge in [-0.05, 0) is 36.9 Å². The number of carbonyl (C=O) groups is 1. The van der Waals surface area contributed by atoms with E-state index in [1.807, 2.05) is 11.8 Å². The molecule has 108 valence electrons. The zero-order valence-corrected chi connectivity index (χ0v) is 12.4. The molecule has 0 aromatic heterocycles. The highest BCUT2D eigenvalue weighted by molar-refractivity contribution is 7.99. The van der Waals surface area contributed by atoms with Crippen LogP contribution >= 0.6 is 11.8 Å². The van der Waals surface area contributed by atoms with Gasteiger partial charge in [0.25, 0.3) is 0 Å². The molecular formula is C16H21NO2S. The monoisotopic (exact) mass is 291 g/mol. The van der Waals surface area contributed by atoms with Gasteiger partial charge in [-0.2, -0.15) is 0 Å². The number of carboxylic acids is 1. The van der Waals surface area contributed by atoms with E-state index in [1.165, 1.54) is 16.2 Å². The molecule has 0 amide bonds. The molecule has 20 heavy (non-hydrogen) atoms. The van der Waals surface area contributed by atoms with Crippen LogP contribution in [0.15, 0.2) is 29.2 Å². The van der Waals surface area contributed by atoms with Crippen LogP contribution < -0.4 is 0 Å². The molecule has 0 aliphatic carbocycles. The molecule has 1 aromatic carbocycles. The van der Waals surface area contributed by atoms with E-state index < -0.39 is 5.97 Å². The molecule has 1 aromatic rings. The number of hydrogen-bond acceptors (Lipinski definition) is 3. The van der Waals surface area contributed by atoms with Crippen LogP contribution in [0.3, 0.4) is 0 Å². The van der Waals surface area contributed by atoms with Crippen molar-refractivity contribution in [1.82, 2.24) is 4.90 Å². The van der Waals surface area contributed by atoms with Crippen LogP contribution in [-0.2, 0) is 4.79 Å². The predicted molar refractivity (Wildman–Crippen MR) is 81.3 cm³/mol. The molecule has 1 N–H and O–H groups in total. The fourth-order valence-corrected chi connectivity index (χ4v) is 4.66. The van der Waals surface area contributed by atoms with Crippen LogP contribution in [0.5, 0.6) is 0 Å². The molecule has 2 unspecified atom stereocenters. The first-order valence-corrected chi connectivity index (χ1v) is 8.37. The number of fused-ring (bicyclic) bond motifs is 1. The summed E-state index contributed by atoms with van der Waals surface area (Å²) in [5, 5.41) is 8.94. The van der Waals surface area contributed by atoms with Gasteiger partial charge in [0.15, 0.2) is 0 Å². The maximum Gasteiger partial charge on any atom is 0.303 e. The Bertz CT molecular complexity index is 491. The molecule has 2 heterocycles. The molecule has 2 aliphatic rings. The number of nitrogens with zero attached hydrogens (tertiary/aromatic N) is 1. The predicted octanol–water partition coefficient (Wildman–Crippen LogP) is 3.06. The first kappa shape index (κ1) is 14.0. The molecule has 0 spiro atoms. The van der Waals surface area contributed by atoms with Crippen LogP contribution in [0.1, 0.15) is 30.7 Å². The van der Waals surface area contributed by atoms with E-state index in [-0.39, 0.29) is 0 Å². The molecule has 1 fully saturated rings. The third kappa shape index (κ3) is 3.18. The van der Waals surface area contributed by atoms with Crippen molar-refractivity contribution in [3.63, 3.8) is 0 Å². The van der Waals surface area contributed by atoms with Gasteiger partial charge < -0.3 is 10.0 Å². The summed E-state index contributed by atoms with van der Waals surface area (Å²) in [6.07, 6.45) is 2.53. The van der Waals surface area contributed by atoms with Crippen molar-refractivity contribution >= 4 is 17.7 Å². The molecule has 3 rings (SSSR count). The summed E-state index contributed by atoms with van der Waals surface area (Å²) in [5.74, 6) is 1.46. The van der Waals surface area contributed by atoms with E-state index in [4.69, 9.17) is 5.11 Å². The minimum atomic E-state index is -0.654. The first-order valence-electron chi connectivity index (χ1n) is 7.38. The fourth-order valence-electron chi connectivity index (χ4n) is 3.42. The average molecular weight is 291 g/mol. The molecule has 0 bridgehead atoms. The Hall–Kier alpha value is -1.00. The van der Waals surface area contributed by atoms with Gasteiger partial charge in [0, 0.05) is 36.1 Å². The number of hydrogen-bond donors (Lipinski definition) is 1. The smallest absolute Gasteiger partial charge is 0.303 e. The van der Waals surface area contributed by atoms with Crippen molar-refractivity contribution in [3.8, 4) is 0 Å². The van der Waals surface area contributed by atoms with E-state index in [0.29, 0.717) is 18.3 Å². The van der Waals surface area contributed by atoms with Gasteiger partial charge in [0.2, 0.25) is 0 Å². The number of piperidine rings is 1. The normalized spacial score (nSPS) is 26.4. The molecule has 0 saturated carbocycles. The average Bonchev–Trinajstić information content (AvgIpc) is 2.82. The highest BCUT2D eigenvalue weighted by atomic mass is 32.2. The molecule has 1 saturated heterocycles. The van der Waals surface area contributed by atoms with Gasteiger partial charge in [-0.15, -0.1) is 11.8 Å². The number of thioether (sulfide) groups is 1. The van der Waals surface area contributed by atoms with Crippen LogP contribution in [0, 0.1) is 5.92 Å². The molecule has 2 atom stereocenters. The summed E-state index contributed by atoms with van der Waals surface area (Å²) in [4.78, 5) is 14.8. The fraction of sp³-hybridized carbons (Fsp3) is 0.562. The first-order chi connectivity index (χ1) is 9.72. The summed E-state index contributed by atoms with van der Waals surface area (Å²) in [6.45, 7) is 3.16. The molecule has 3 nitrogen and oxygen atoms in total. The van der Waals surface area contributed by atoms with Gasteiger partial charge in [-0.3, -0.25) is 4.79 Å². The molecule has 0 radical (unpaired) electrons. The van der Waals surface area contributed by atoms with Gasteiger partial charge in [0.05, 0.1) is 0 Å². The molecule has 4 heteroatoms. The Labute approximate surface area is 124 Å². The number of likely N-dealkylation sites (tertiary alicyclic amines) is 1. The standard InChI is InChI=1S/C16H21NO2S/c18-16(19)8-12-4-3-7-17(9-12)10-13-11-20-15-6-2-1-5-14(13)15/h1-2,5-6,12-13H,3-4,7-11H2,(H,18,19). The Morgan fingerprint density at radius 1 is 1.40 bits per heavy atom. The lowest BCUT2D eigenvalue weighted by molar-refractivity contribution is -0.138. The third-order valence-corrected chi connectivity index (χ3v) is 5.60. The SMILES string of the molecule is O=C(O)CC1CCCN(CC2CSc3ccccc32)C1. The van der Waals surface area contributed by atoms with Gasteiger partial charge in [-0.1, -0.05) is 18.2 Å². The second kappa shape index (κ2) is 6.19. The highest BCUT2D eigenvalue weighted by Gasteiger charge is 2.28. The molecule has 2 aliphatic heterocycles. The van der Waals surface area contributed by atoms with Gasteiger partial charge in [-0.25, -0.2) is 0 Å². The lowest BCUT2D eigenvalue weighted by Gasteiger charge is -2.33. The van der Waals surface area contributed by atoms with E-state index in [2.05, 4.69) is 29.2 Å². The summed E-state index contributed by atoms with van der Waals surface area (Å²) < 4.78 is 0. The number of benzene rings is 1. The highest BCUT2D eigenvalue weighted by Crippen LogP contribution is 2.40. The quantitative estimate of drug-likeness (QED) is 0.925. The van der Waals surface area contributed by atoms with Crippen molar-refractivity contribution in [3.05, 3.63) is 29.8 Å². The Morgan fingerprint density at radius 2 is 2.25 bits per heavy atom. The van der Waals surface area contributed by atoms with E-state index >= 15 is 0 Å². The Kier molecular flexibility index (Phi) is 4.32. The van der Waals surface area contributed by atoms with Crippen molar-refractivity contribution in [1.29, 1.82) is 0 Å². The minimum absolute atomic E-state index is 0.326. The lowest BCUT2D eigenvalue weighted by atomic mass is 9.93.